The molecule has 35 heavy (non-hydrogen) atoms. The Morgan fingerprint density at radius 1 is 1.03 bits per heavy atom. The van der Waals surface area contributed by atoms with Crippen molar-refractivity contribution < 1.29 is 19.6 Å². The summed E-state index contributed by atoms with van der Waals surface area (Å²) in [4.78, 5) is 27.0. The van der Waals surface area contributed by atoms with Crippen LogP contribution in [0.2, 0.25) is 0 Å². The molecule has 3 N–H and O–H groups in total. The molecule has 0 aliphatic carbocycles. The van der Waals surface area contributed by atoms with Crippen LogP contribution in [0.5, 0.6) is 0 Å². The zero-order chi connectivity index (χ0) is 26.0. The molecule has 2 aromatic carbocycles. The number of aryl methyl sites for hydroxylation is 1. The number of benzene rings is 2. The second-order valence-corrected chi connectivity index (χ2v) is 9.09. The molecule has 0 bridgehead atoms. The minimum atomic E-state index is -1.68. The van der Waals surface area contributed by atoms with Gasteiger partial charge in [-0.05, 0) is 63.3 Å². The van der Waals surface area contributed by atoms with Gasteiger partial charge in [0.2, 0.25) is 5.91 Å². The molecule has 0 fully saturated rings. The predicted octanol–water partition coefficient (Wildman–Crippen LogP) is 2.91. The lowest BCUT2D eigenvalue weighted by Crippen LogP contribution is -2.47. The molecule has 2 amide bonds. The highest BCUT2D eigenvalue weighted by Crippen LogP contribution is 2.16. The number of amides is 2. The zero-order valence-electron chi connectivity index (χ0n) is 20.8. The van der Waals surface area contributed by atoms with Crippen LogP contribution in [0.4, 0.5) is 0 Å². The topological polar surface area (TPSA) is 114 Å². The molecule has 2 aromatic rings. The van der Waals surface area contributed by atoms with Crippen molar-refractivity contribution in [3.8, 4) is 6.07 Å². The minimum absolute atomic E-state index is 0.0350. The van der Waals surface area contributed by atoms with Crippen LogP contribution in [0.1, 0.15) is 50.8 Å². The van der Waals surface area contributed by atoms with Gasteiger partial charge in [-0.2, -0.15) is 5.26 Å². The maximum absolute atomic E-state index is 12.9. The number of carbonyl (C=O) groups is 2. The molecule has 2 rings (SSSR count). The molecule has 0 aliphatic rings. The number of nitriles is 1. The Morgan fingerprint density at radius 3 is 2.23 bits per heavy atom. The third-order valence-electron chi connectivity index (χ3n) is 5.61. The quantitative estimate of drug-likeness (QED) is 0.263. The average molecular weight is 475 g/mol. The van der Waals surface area contributed by atoms with Crippen LogP contribution in [0.3, 0.4) is 0 Å². The maximum atomic E-state index is 12.9. The third kappa shape index (κ3) is 8.71. The lowest BCUT2D eigenvalue weighted by Gasteiger charge is -2.30. The van der Waals surface area contributed by atoms with Crippen LogP contribution < -0.4 is 5.32 Å². The van der Waals surface area contributed by atoms with Gasteiger partial charge in [0, 0.05) is 18.5 Å². The number of hydrogen-bond donors (Lipinski definition) is 3. The van der Waals surface area contributed by atoms with E-state index in [1.54, 1.807) is 17.0 Å². The van der Waals surface area contributed by atoms with Crippen molar-refractivity contribution in [2.45, 2.75) is 65.0 Å². The van der Waals surface area contributed by atoms with Crippen LogP contribution in [0, 0.1) is 11.3 Å². The molecule has 1 atom stereocenters. The van der Waals surface area contributed by atoms with E-state index in [9.17, 15) is 24.9 Å². The maximum Gasteiger partial charge on any atom is 0.475 e. The summed E-state index contributed by atoms with van der Waals surface area (Å²) in [5, 5.41) is 31.6. The molecule has 1 unspecified atom stereocenters. The van der Waals surface area contributed by atoms with Gasteiger partial charge in [-0.25, -0.2) is 0 Å². The minimum Gasteiger partial charge on any atom is -0.426 e. The van der Waals surface area contributed by atoms with Gasteiger partial charge in [0.1, 0.15) is 11.6 Å². The van der Waals surface area contributed by atoms with Gasteiger partial charge >= 0.3 is 7.12 Å². The molecule has 0 heterocycles. The van der Waals surface area contributed by atoms with Gasteiger partial charge in [0.05, 0.1) is 5.94 Å². The van der Waals surface area contributed by atoms with E-state index in [-0.39, 0.29) is 35.9 Å². The van der Waals surface area contributed by atoms with Crippen LogP contribution in [0.15, 0.2) is 60.2 Å². The fourth-order valence-corrected chi connectivity index (χ4v) is 3.99. The summed E-state index contributed by atoms with van der Waals surface area (Å²) >= 11 is 0. The molecule has 0 spiro atoms. The van der Waals surface area contributed by atoms with E-state index in [4.69, 9.17) is 0 Å². The molecule has 0 aromatic heterocycles. The van der Waals surface area contributed by atoms with E-state index in [2.05, 4.69) is 5.32 Å². The highest BCUT2D eigenvalue weighted by Gasteiger charge is 2.26. The standard InChI is InChI=1S/C27H34BN3O4/c1-19(2)31(20(3)4)27(33)24(18-29)16-23-12-8-11-22(15-23)13-14-26(32)30-25(28(34)35)17-21-9-6-5-7-10-21/h5-12,15-16,19-20,25,34-35H,13-14,17H2,1-4H3,(H,30,32). The highest BCUT2D eigenvalue weighted by atomic mass is 16.4. The number of nitrogens with one attached hydrogen (secondary N) is 1. The van der Waals surface area contributed by atoms with E-state index in [1.165, 1.54) is 0 Å². The molecule has 184 valence electrons. The summed E-state index contributed by atoms with van der Waals surface area (Å²) in [5.74, 6) is -1.42. The summed E-state index contributed by atoms with van der Waals surface area (Å²) < 4.78 is 0. The van der Waals surface area contributed by atoms with E-state index in [0.717, 1.165) is 11.1 Å². The van der Waals surface area contributed by atoms with Gasteiger partial charge < -0.3 is 20.3 Å². The van der Waals surface area contributed by atoms with E-state index in [1.807, 2.05) is 82.3 Å². The second-order valence-electron chi connectivity index (χ2n) is 9.09. The van der Waals surface area contributed by atoms with Crippen molar-refractivity contribution in [2.24, 2.45) is 0 Å². The Morgan fingerprint density at radius 2 is 1.66 bits per heavy atom. The molecule has 0 radical (unpaired) electrons. The van der Waals surface area contributed by atoms with Gasteiger partial charge in [0.15, 0.2) is 0 Å². The fourth-order valence-electron chi connectivity index (χ4n) is 3.99. The smallest absolute Gasteiger partial charge is 0.426 e. The summed E-state index contributed by atoms with van der Waals surface area (Å²) in [6.07, 6.45) is 2.46. The summed E-state index contributed by atoms with van der Waals surface area (Å²) in [7, 11) is -1.68. The lowest BCUT2D eigenvalue weighted by atomic mass is 9.76. The first kappa shape index (κ1) is 27.8. The first-order valence-electron chi connectivity index (χ1n) is 11.8. The van der Waals surface area contributed by atoms with Crippen LogP contribution in [-0.4, -0.2) is 51.9 Å². The van der Waals surface area contributed by atoms with E-state index >= 15 is 0 Å². The van der Waals surface area contributed by atoms with Crippen LogP contribution >= 0.6 is 0 Å². The second kappa shape index (κ2) is 13.5. The van der Waals surface area contributed by atoms with Crippen molar-refractivity contribution in [2.75, 3.05) is 0 Å². The van der Waals surface area contributed by atoms with Crippen molar-refractivity contribution in [1.29, 1.82) is 5.26 Å². The van der Waals surface area contributed by atoms with E-state index < -0.39 is 13.1 Å². The largest absolute Gasteiger partial charge is 0.475 e. The molecule has 0 saturated heterocycles. The number of carbonyl (C=O) groups excluding carboxylic acids is 2. The number of nitrogens with zero attached hydrogens (tertiary/aromatic N) is 2. The first-order chi connectivity index (χ1) is 16.6. The van der Waals surface area contributed by atoms with Crippen molar-refractivity contribution in [3.05, 3.63) is 76.9 Å². The molecule has 0 saturated carbocycles. The molecule has 7 nitrogen and oxygen atoms in total. The monoisotopic (exact) mass is 475 g/mol. The van der Waals surface area contributed by atoms with Crippen LogP contribution in [-0.2, 0) is 22.4 Å². The first-order valence-corrected chi connectivity index (χ1v) is 11.8. The number of rotatable bonds is 11. The summed E-state index contributed by atoms with van der Waals surface area (Å²) in [6, 6.07) is 18.6. The third-order valence-corrected chi connectivity index (χ3v) is 5.61. The summed E-state index contributed by atoms with van der Waals surface area (Å²) in [6.45, 7) is 7.66. The predicted molar refractivity (Wildman–Crippen MR) is 138 cm³/mol. The van der Waals surface area contributed by atoms with Crippen molar-refractivity contribution in [1.82, 2.24) is 10.2 Å². The normalized spacial score (nSPS) is 12.3. The molecule has 8 heteroatoms. The lowest BCUT2D eigenvalue weighted by molar-refractivity contribution is -0.130. The summed E-state index contributed by atoms with van der Waals surface area (Å²) in [5.41, 5.74) is 2.52. The number of hydrogen-bond acceptors (Lipinski definition) is 5. The Bertz CT molecular complexity index is 1050. The Balaban J connectivity index is 2.05. The highest BCUT2D eigenvalue weighted by molar-refractivity contribution is 6.43. The Kier molecular flexibility index (Phi) is 10.7. The fraction of sp³-hybridized carbons (Fsp3) is 0.370. The van der Waals surface area contributed by atoms with Gasteiger partial charge in [-0.3, -0.25) is 9.59 Å². The Hall–Kier alpha value is -3.41. The van der Waals surface area contributed by atoms with Crippen LogP contribution in [0.25, 0.3) is 6.08 Å². The van der Waals surface area contributed by atoms with Crippen molar-refractivity contribution in [3.63, 3.8) is 0 Å². The van der Waals surface area contributed by atoms with Gasteiger partial charge in [0.25, 0.3) is 5.91 Å². The Labute approximate surface area is 208 Å². The zero-order valence-corrected chi connectivity index (χ0v) is 20.8. The van der Waals surface area contributed by atoms with Gasteiger partial charge in [-0.1, -0.05) is 54.6 Å². The SMILES string of the molecule is CC(C)N(C(=O)C(C#N)=Cc1cccc(CCC(=O)NC(Cc2ccccc2)B(O)O)c1)C(C)C. The van der Waals surface area contributed by atoms with Gasteiger partial charge in [-0.15, -0.1) is 0 Å². The molecular formula is C27H34BN3O4. The average Bonchev–Trinajstić information content (AvgIpc) is 2.81. The van der Waals surface area contributed by atoms with E-state index in [0.29, 0.717) is 18.4 Å². The molecule has 0 aliphatic heterocycles. The molecular weight excluding hydrogens is 441 g/mol. The van der Waals surface area contributed by atoms with Crippen molar-refractivity contribution >= 4 is 25.0 Å².